The van der Waals surface area contributed by atoms with E-state index in [1.54, 1.807) is 0 Å². The number of fused-ring (bicyclic) bond motifs is 5. The average Bonchev–Trinajstić information content (AvgIpc) is 2.94. The molecule has 13 atom stereocenters. The van der Waals surface area contributed by atoms with Crippen LogP contribution < -0.4 is 0 Å². The SMILES string of the molecule is CC(CCC[C@@H](C)CO)C1[C@@H](O)C(O)C2C3C[C@@H](O)C4C[C@@H](O)CC[C@]4(C)C3CC[C@@]21C. The molecule has 5 nitrogen and oxygen atoms in total. The van der Waals surface area contributed by atoms with E-state index >= 15 is 0 Å². The lowest BCUT2D eigenvalue weighted by Gasteiger charge is -2.62. The second-order valence-electron chi connectivity index (χ2n) is 12.9. The predicted molar refractivity (Wildman–Crippen MR) is 125 cm³/mol. The predicted octanol–water partition coefficient (Wildman–Crippen LogP) is 3.35. The molecule has 5 N–H and O–H groups in total. The number of aliphatic hydroxyl groups is 5. The number of rotatable bonds is 6. The van der Waals surface area contributed by atoms with Gasteiger partial charge in [-0.25, -0.2) is 0 Å². The van der Waals surface area contributed by atoms with Crippen molar-refractivity contribution in [3.63, 3.8) is 0 Å². The van der Waals surface area contributed by atoms with E-state index in [1.807, 2.05) is 0 Å². The Labute approximate surface area is 194 Å². The zero-order valence-electron chi connectivity index (χ0n) is 20.7. The van der Waals surface area contributed by atoms with Crippen molar-refractivity contribution in [1.82, 2.24) is 0 Å². The zero-order valence-corrected chi connectivity index (χ0v) is 20.7. The van der Waals surface area contributed by atoms with Gasteiger partial charge in [0.1, 0.15) is 0 Å². The first-order valence-corrected chi connectivity index (χ1v) is 13.4. The fraction of sp³-hybridized carbons (Fsp3) is 1.00. The van der Waals surface area contributed by atoms with E-state index in [4.69, 9.17) is 0 Å². The Morgan fingerprint density at radius 2 is 1.53 bits per heavy atom. The molecule has 0 saturated heterocycles. The quantitative estimate of drug-likeness (QED) is 0.425. The molecule has 7 unspecified atom stereocenters. The van der Waals surface area contributed by atoms with Crippen molar-refractivity contribution in [3.05, 3.63) is 0 Å². The highest BCUT2D eigenvalue weighted by Gasteiger charge is 2.67. The second kappa shape index (κ2) is 9.11. The van der Waals surface area contributed by atoms with Gasteiger partial charge in [-0.05, 0) is 97.2 Å². The smallest absolute Gasteiger partial charge is 0.0838 e. The molecule has 0 bridgehead atoms. The summed E-state index contributed by atoms with van der Waals surface area (Å²) >= 11 is 0. The van der Waals surface area contributed by atoms with Gasteiger partial charge in [0.2, 0.25) is 0 Å². The molecule has 4 rings (SSSR count). The summed E-state index contributed by atoms with van der Waals surface area (Å²) in [6.07, 6.45) is 6.14. The second-order valence-corrected chi connectivity index (χ2v) is 12.9. The van der Waals surface area contributed by atoms with Gasteiger partial charge < -0.3 is 25.5 Å². The van der Waals surface area contributed by atoms with Crippen LogP contribution in [0, 0.1) is 52.3 Å². The Hall–Kier alpha value is -0.200. The van der Waals surface area contributed by atoms with E-state index in [2.05, 4.69) is 27.7 Å². The molecule has 0 aliphatic heterocycles. The van der Waals surface area contributed by atoms with E-state index in [-0.39, 0.29) is 47.2 Å². The average molecular weight is 453 g/mol. The lowest BCUT2D eigenvalue weighted by Crippen LogP contribution is -2.59. The minimum absolute atomic E-state index is 0.0116. The molecule has 32 heavy (non-hydrogen) atoms. The Morgan fingerprint density at radius 3 is 2.22 bits per heavy atom. The van der Waals surface area contributed by atoms with Crippen molar-refractivity contribution in [2.24, 2.45) is 52.3 Å². The highest BCUT2D eigenvalue weighted by atomic mass is 16.3. The molecule has 0 aromatic heterocycles. The van der Waals surface area contributed by atoms with Crippen LogP contribution in [0.1, 0.15) is 85.5 Å². The van der Waals surface area contributed by atoms with Gasteiger partial charge in [-0.3, -0.25) is 0 Å². The van der Waals surface area contributed by atoms with Crippen LogP contribution in [-0.2, 0) is 0 Å². The molecule has 0 amide bonds. The molecule has 4 aliphatic rings. The fourth-order valence-corrected chi connectivity index (χ4v) is 9.45. The highest BCUT2D eigenvalue weighted by molar-refractivity contribution is 5.15. The van der Waals surface area contributed by atoms with Crippen LogP contribution in [0.2, 0.25) is 0 Å². The van der Waals surface area contributed by atoms with Crippen LogP contribution >= 0.6 is 0 Å². The molecular weight excluding hydrogens is 404 g/mol. The molecule has 5 heteroatoms. The van der Waals surface area contributed by atoms with Gasteiger partial charge in [0.05, 0.1) is 24.4 Å². The largest absolute Gasteiger partial charge is 0.396 e. The summed E-state index contributed by atoms with van der Waals surface area (Å²) in [5, 5.41) is 53.4. The third-order valence-electron chi connectivity index (χ3n) is 11.1. The Morgan fingerprint density at radius 1 is 0.844 bits per heavy atom. The van der Waals surface area contributed by atoms with Crippen molar-refractivity contribution in [1.29, 1.82) is 0 Å². The molecular formula is C27H48O5. The first-order chi connectivity index (χ1) is 15.0. The maximum absolute atomic E-state index is 11.4. The lowest BCUT2D eigenvalue weighted by atomic mass is 9.43. The van der Waals surface area contributed by atoms with Crippen LogP contribution in [0.25, 0.3) is 0 Å². The summed E-state index contributed by atoms with van der Waals surface area (Å²) in [6.45, 7) is 9.16. The fourth-order valence-electron chi connectivity index (χ4n) is 9.45. The maximum Gasteiger partial charge on any atom is 0.0838 e. The molecule has 0 aromatic rings. The van der Waals surface area contributed by atoms with Gasteiger partial charge >= 0.3 is 0 Å². The molecule has 186 valence electrons. The van der Waals surface area contributed by atoms with Gasteiger partial charge in [-0.1, -0.05) is 40.5 Å². The molecule has 4 aliphatic carbocycles. The van der Waals surface area contributed by atoms with Gasteiger partial charge in [0, 0.05) is 6.61 Å². The third-order valence-corrected chi connectivity index (χ3v) is 11.1. The first kappa shape index (κ1) is 24.9. The number of hydrogen-bond donors (Lipinski definition) is 5. The first-order valence-electron chi connectivity index (χ1n) is 13.4. The molecule has 4 saturated carbocycles. The van der Waals surface area contributed by atoms with Gasteiger partial charge in [-0.15, -0.1) is 0 Å². The van der Waals surface area contributed by atoms with Crippen LogP contribution in [-0.4, -0.2) is 56.6 Å². The van der Waals surface area contributed by atoms with Crippen molar-refractivity contribution in [2.45, 2.75) is 110 Å². The van der Waals surface area contributed by atoms with Crippen molar-refractivity contribution in [2.75, 3.05) is 6.61 Å². The zero-order chi connectivity index (χ0) is 23.4. The summed E-state index contributed by atoms with van der Waals surface area (Å²) in [7, 11) is 0. The third kappa shape index (κ3) is 3.88. The summed E-state index contributed by atoms with van der Waals surface area (Å²) in [5.74, 6) is 1.55. The van der Waals surface area contributed by atoms with Crippen LogP contribution in [0.3, 0.4) is 0 Å². The molecule has 0 heterocycles. The van der Waals surface area contributed by atoms with Crippen LogP contribution in [0.4, 0.5) is 0 Å². The molecule has 0 aromatic carbocycles. The van der Waals surface area contributed by atoms with E-state index < -0.39 is 18.3 Å². The normalized spacial score (nSPS) is 52.6. The van der Waals surface area contributed by atoms with Gasteiger partial charge in [0.25, 0.3) is 0 Å². The molecule has 4 fully saturated rings. The highest BCUT2D eigenvalue weighted by Crippen LogP contribution is 2.68. The van der Waals surface area contributed by atoms with Crippen molar-refractivity contribution >= 4 is 0 Å². The minimum Gasteiger partial charge on any atom is -0.396 e. The maximum atomic E-state index is 11.4. The van der Waals surface area contributed by atoms with E-state index in [1.165, 1.54) is 0 Å². The number of aliphatic hydroxyl groups excluding tert-OH is 5. The minimum atomic E-state index is -0.724. The monoisotopic (exact) mass is 452 g/mol. The lowest BCUT2D eigenvalue weighted by molar-refractivity contribution is -0.181. The molecule has 0 spiro atoms. The van der Waals surface area contributed by atoms with Crippen molar-refractivity contribution < 1.29 is 25.5 Å². The van der Waals surface area contributed by atoms with Crippen LogP contribution in [0.5, 0.6) is 0 Å². The van der Waals surface area contributed by atoms with Gasteiger partial charge in [-0.2, -0.15) is 0 Å². The Balaban J connectivity index is 1.55. The summed E-state index contributed by atoms with van der Waals surface area (Å²) in [5.41, 5.74) is -0.100. The Kier molecular flexibility index (Phi) is 7.09. The molecule has 0 radical (unpaired) electrons. The van der Waals surface area contributed by atoms with Crippen molar-refractivity contribution in [3.8, 4) is 0 Å². The van der Waals surface area contributed by atoms with E-state index in [0.29, 0.717) is 30.6 Å². The summed E-state index contributed by atoms with van der Waals surface area (Å²) in [4.78, 5) is 0. The summed E-state index contributed by atoms with van der Waals surface area (Å²) in [6, 6.07) is 0. The standard InChI is InChI=1S/C27H48O5/c1-15(14-28)6-5-7-16(2)22-24(31)25(32)23-18-13-21(30)20-12-17(29)8-10-26(20,3)19(18)9-11-27(22,23)4/h15-25,28-32H,5-14H2,1-4H3/t15-,16?,17+,18?,19?,20?,21-,22?,23?,24-,25?,26-,27-/m1/s1. The topological polar surface area (TPSA) is 101 Å². The van der Waals surface area contributed by atoms with E-state index in [0.717, 1.165) is 44.9 Å². The van der Waals surface area contributed by atoms with Crippen LogP contribution in [0.15, 0.2) is 0 Å². The number of hydrogen-bond acceptors (Lipinski definition) is 5. The summed E-state index contributed by atoms with van der Waals surface area (Å²) < 4.78 is 0. The van der Waals surface area contributed by atoms with Gasteiger partial charge in [0.15, 0.2) is 0 Å². The Bertz CT molecular complexity index is 656. The van der Waals surface area contributed by atoms with E-state index in [9.17, 15) is 25.5 Å².